The van der Waals surface area contributed by atoms with Crippen LogP contribution >= 0.6 is 0 Å². The fraction of sp³-hybridized carbons (Fsp3) is 0.438. The van der Waals surface area contributed by atoms with Crippen molar-refractivity contribution in [2.24, 2.45) is 11.7 Å². The molecule has 0 aliphatic heterocycles. The van der Waals surface area contributed by atoms with Gasteiger partial charge in [0.15, 0.2) is 0 Å². The summed E-state index contributed by atoms with van der Waals surface area (Å²) in [5.41, 5.74) is 7.34. The number of hydrogen-bond acceptors (Lipinski definition) is 1. The number of amides is 1. The van der Waals surface area contributed by atoms with Gasteiger partial charge in [0.2, 0.25) is 0 Å². The normalized spacial score (nSPS) is 23.6. The molecule has 1 aliphatic carbocycles. The number of aromatic nitrogens is 1. The Morgan fingerprint density at radius 1 is 1.21 bits per heavy atom. The number of rotatable bonds is 2. The van der Waals surface area contributed by atoms with Crippen LogP contribution in [0.5, 0.6) is 0 Å². The predicted octanol–water partition coefficient (Wildman–Crippen LogP) is 3.49. The Kier molecular flexibility index (Phi) is 3.05. The Hall–Kier alpha value is -1.77. The summed E-state index contributed by atoms with van der Waals surface area (Å²) in [7, 11) is 0. The van der Waals surface area contributed by atoms with Crippen molar-refractivity contribution in [3.8, 4) is 0 Å². The monoisotopic (exact) mass is 256 g/mol. The van der Waals surface area contributed by atoms with E-state index in [0.717, 1.165) is 29.7 Å². The van der Waals surface area contributed by atoms with Gasteiger partial charge >= 0.3 is 0 Å². The molecule has 1 amide bonds. The third-order valence-corrected chi connectivity index (χ3v) is 4.35. The number of para-hydroxylation sites is 1. The number of hydrogen-bond donors (Lipinski definition) is 1. The van der Waals surface area contributed by atoms with Crippen molar-refractivity contribution in [1.29, 1.82) is 0 Å². The number of primary amides is 1. The van der Waals surface area contributed by atoms with Gasteiger partial charge in [0.05, 0.1) is 0 Å². The third kappa shape index (κ3) is 2.14. The van der Waals surface area contributed by atoms with Crippen molar-refractivity contribution in [3.05, 3.63) is 36.0 Å². The highest BCUT2D eigenvalue weighted by Gasteiger charge is 2.24. The average Bonchev–Trinajstić information content (AvgIpc) is 2.79. The van der Waals surface area contributed by atoms with Crippen LogP contribution in [0.1, 0.15) is 49.1 Å². The second-order valence-corrected chi connectivity index (χ2v) is 5.74. The van der Waals surface area contributed by atoms with Gasteiger partial charge in [-0.2, -0.15) is 0 Å². The van der Waals surface area contributed by atoms with Gasteiger partial charge in [-0.05, 0) is 43.7 Å². The maximum absolute atomic E-state index is 11.7. The summed E-state index contributed by atoms with van der Waals surface area (Å²) in [4.78, 5) is 11.7. The fourth-order valence-corrected chi connectivity index (χ4v) is 3.26. The van der Waals surface area contributed by atoms with E-state index in [9.17, 15) is 4.79 Å². The topological polar surface area (TPSA) is 48.0 Å². The molecule has 19 heavy (non-hydrogen) atoms. The van der Waals surface area contributed by atoms with Crippen LogP contribution in [-0.4, -0.2) is 10.5 Å². The minimum Gasteiger partial charge on any atom is -0.364 e. The zero-order valence-electron chi connectivity index (χ0n) is 11.3. The first-order valence-corrected chi connectivity index (χ1v) is 7.06. The Bertz CT molecular complexity index is 606. The van der Waals surface area contributed by atoms with E-state index in [1.807, 2.05) is 24.3 Å². The highest BCUT2D eigenvalue weighted by atomic mass is 16.1. The number of nitrogens with two attached hydrogens (primary N) is 1. The van der Waals surface area contributed by atoms with Gasteiger partial charge in [0.25, 0.3) is 5.91 Å². The molecule has 1 heterocycles. The molecule has 100 valence electrons. The van der Waals surface area contributed by atoms with E-state index in [1.165, 1.54) is 12.8 Å². The first-order valence-electron chi connectivity index (χ1n) is 7.06. The lowest BCUT2D eigenvalue weighted by atomic mass is 9.87. The fourth-order valence-electron chi connectivity index (χ4n) is 3.26. The van der Waals surface area contributed by atoms with Crippen LogP contribution in [0.3, 0.4) is 0 Å². The zero-order valence-corrected chi connectivity index (χ0v) is 11.3. The molecule has 3 heteroatoms. The van der Waals surface area contributed by atoms with Gasteiger partial charge in [-0.25, -0.2) is 0 Å². The van der Waals surface area contributed by atoms with Gasteiger partial charge < -0.3 is 10.3 Å². The Morgan fingerprint density at radius 3 is 2.58 bits per heavy atom. The van der Waals surface area contributed by atoms with Crippen molar-refractivity contribution in [1.82, 2.24) is 4.57 Å². The Labute approximate surface area is 113 Å². The molecule has 2 aromatic rings. The summed E-state index contributed by atoms with van der Waals surface area (Å²) in [5.74, 6) is 0.477. The van der Waals surface area contributed by atoms with Crippen molar-refractivity contribution in [3.63, 3.8) is 0 Å². The molecule has 2 N–H and O–H groups in total. The van der Waals surface area contributed by atoms with E-state index in [0.29, 0.717) is 11.7 Å². The summed E-state index contributed by atoms with van der Waals surface area (Å²) < 4.78 is 2.17. The maximum Gasteiger partial charge on any atom is 0.265 e. The van der Waals surface area contributed by atoms with Crippen molar-refractivity contribution in [2.75, 3.05) is 0 Å². The minimum absolute atomic E-state index is 0.324. The Morgan fingerprint density at radius 2 is 1.89 bits per heavy atom. The molecule has 0 radical (unpaired) electrons. The minimum atomic E-state index is -0.324. The van der Waals surface area contributed by atoms with E-state index >= 15 is 0 Å². The second kappa shape index (κ2) is 4.72. The summed E-state index contributed by atoms with van der Waals surface area (Å²) in [5, 5.41) is 1.11. The predicted molar refractivity (Wildman–Crippen MR) is 77.1 cm³/mol. The number of carbonyl (C=O) groups is 1. The average molecular weight is 256 g/mol. The van der Waals surface area contributed by atoms with Crippen LogP contribution in [0.2, 0.25) is 0 Å². The number of fused-ring (bicyclic) bond motifs is 1. The summed E-state index contributed by atoms with van der Waals surface area (Å²) >= 11 is 0. The third-order valence-electron chi connectivity index (χ3n) is 4.35. The smallest absolute Gasteiger partial charge is 0.265 e. The number of benzene rings is 1. The molecule has 1 aliphatic rings. The van der Waals surface area contributed by atoms with Gasteiger partial charge in [0.1, 0.15) is 5.69 Å². The van der Waals surface area contributed by atoms with Gasteiger partial charge in [0, 0.05) is 16.9 Å². The van der Waals surface area contributed by atoms with Gasteiger partial charge in [-0.1, -0.05) is 25.1 Å². The first kappa shape index (κ1) is 12.3. The molecule has 1 fully saturated rings. The van der Waals surface area contributed by atoms with Gasteiger partial charge in [-0.3, -0.25) is 4.79 Å². The van der Waals surface area contributed by atoms with Crippen LogP contribution in [0.4, 0.5) is 0 Å². The standard InChI is InChI=1S/C16H20N2O/c1-11-6-8-13(9-7-11)18-14-5-3-2-4-12(14)10-15(18)16(17)19/h2-5,10-11,13H,6-9H2,1H3,(H2,17,19). The number of nitrogens with zero attached hydrogens (tertiary/aromatic N) is 1. The van der Waals surface area contributed by atoms with Crippen LogP contribution in [0, 0.1) is 5.92 Å². The molecule has 1 aromatic carbocycles. The molecule has 3 nitrogen and oxygen atoms in total. The number of carbonyl (C=O) groups excluding carboxylic acids is 1. The second-order valence-electron chi connectivity index (χ2n) is 5.74. The van der Waals surface area contributed by atoms with E-state index in [-0.39, 0.29) is 5.91 Å². The highest BCUT2D eigenvalue weighted by Crippen LogP contribution is 2.35. The van der Waals surface area contributed by atoms with Crippen molar-refractivity contribution < 1.29 is 4.79 Å². The molecule has 0 spiro atoms. The largest absolute Gasteiger partial charge is 0.364 e. The molecule has 1 saturated carbocycles. The lowest BCUT2D eigenvalue weighted by molar-refractivity contribution is 0.0988. The molecular weight excluding hydrogens is 236 g/mol. The molecule has 0 bridgehead atoms. The van der Waals surface area contributed by atoms with Crippen LogP contribution in [0.15, 0.2) is 30.3 Å². The molecule has 3 rings (SSSR count). The summed E-state index contributed by atoms with van der Waals surface area (Å²) in [6.07, 6.45) is 4.74. The maximum atomic E-state index is 11.7. The van der Waals surface area contributed by atoms with E-state index in [2.05, 4.69) is 17.6 Å². The lowest BCUT2D eigenvalue weighted by Crippen LogP contribution is -2.23. The van der Waals surface area contributed by atoms with E-state index in [1.54, 1.807) is 0 Å². The zero-order chi connectivity index (χ0) is 13.4. The molecular formula is C16H20N2O. The SMILES string of the molecule is CC1CCC(n2c(C(N)=O)cc3ccccc32)CC1. The highest BCUT2D eigenvalue weighted by molar-refractivity contribution is 5.97. The quantitative estimate of drug-likeness (QED) is 0.878. The molecule has 0 atom stereocenters. The molecule has 0 saturated heterocycles. The molecule has 0 unspecified atom stereocenters. The van der Waals surface area contributed by atoms with Crippen molar-refractivity contribution in [2.45, 2.75) is 38.6 Å². The van der Waals surface area contributed by atoms with E-state index < -0.39 is 0 Å². The summed E-state index contributed by atoms with van der Waals surface area (Å²) in [6, 6.07) is 10.5. The lowest BCUT2D eigenvalue weighted by Gasteiger charge is -2.29. The summed E-state index contributed by atoms with van der Waals surface area (Å²) in [6.45, 7) is 2.30. The van der Waals surface area contributed by atoms with Crippen LogP contribution in [0.25, 0.3) is 10.9 Å². The van der Waals surface area contributed by atoms with Gasteiger partial charge in [-0.15, -0.1) is 0 Å². The van der Waals surface area contributed by atoms with Crippen LogP contribution in [-0.2, 0) is 0 Å². The van der Waals surface area contributed by atoms with E-state index in [4.69, 9.17) is 5.73 Å². The van der Waals surface area contributed by atoms with Crippen molar-refractivity contribution >= 4 is 16.8 Å². The van der Waals surface area contributed by atoms with Crippen LogP contribution < -0.4 is 5.73 Å². The Balaban J connectivity index is 2.09. The first-order chi connectivity index (χ1) is 9.16. The molecule has 1 aromatic heterocycles.